The number of unbranched alkanes of at least 4 members (excludes halogenated alkanes) is 1. The highest BCUT2D eigenvalue weighted by Crippen LogP contribution is 2.63. The predicted molar refractivity (Wildman–Crippen MR) is 268 cm³/mol. The number of hydrogen-bond donors (Lipinski definition) is 3. The Morgan fingerprint density at radius 2 is 1.51 bits per heavy atom. The predicted octanol–water partition coefficient (Wildman–Crippen LogP) is 7.47. The number of carbonyl (C=O) groups is 7. The Balaban J connectivity index is 0.924. The molecule has 382 valence electrons. The number of benzene rings is 3. The molecule has 3 aromatic rings. The molecule has 0 saturated heterocycles. The molecule has 3 unspecified atom stereocenters. The van der Waals surface area contributed by atoms with Crippen LogP contribution in [0.25, 0.3) is 0 Å². The molecule has 6 atom stereocenters. The van der Waals surface area contributed by atoms with Crippen molar-refractivity contribution in [3.8, 4) is 12.3 Å². The first-order chi connectivity index (χ1) is 34.5. The molecule has 2 saturated carbocycles. The Bertz CT molecular complexity index is 2530. The molecule has 0 aromatic heterocycles. The van der Waals surface area contributed by atoms with Gasteiger partial charge in [0.25, 0.3) is 0 Å². The average Bonchev–Trinajstić information content (AvgIpc) is 3.80. The van der Waals surface area contributed by atoms with Gasteiger partial charge < -0.3 is 34.1 Å². The zero-order valence-corrected chi connectivity index (χ0v) is 41.5. The molecule has 0 bridgehead atoms. The molecule has 1 heterocycles. The minimum absolute atomic E-state index is 0.0358. The van der Waals surface area contributed by atoms with Crippen LogP contribution in [0.2, 0.25) is 0 Å². The number of ether oxygens (including phenoxy) is 5. The maximum Gasteiger partial charge on any atom is 0.338 e. The first-order valence-corrected chi connectivity index (χ1v) is 24.6. The summed E-state index contributed by atoms with van der Waals surface area (Å²) < 4.78 is 26.8. The quantitative estimate of drug-likeness (QED) is 0.0188. The molecule has 0 spiro atoms. The molecular formula is C57H66N2O13. The third kappa shape index (κ3) is 14.2. The van der Waals surface area contributed by atoms with Crippen LogP contribution in [-0.4, -0.2) is 105 Å². The average molecular weight is 987 g/mol. The number of aliphatic hydroxyl groups excluding tert-OH is 1. The van der Waals surface area contributed by atoms with Crippen LogP contribution in [0.5, 0.6) is 0 Å². The number of anilines is 1. The van der Waals surface area contributed by atoms with Gasteiger partial charge in [-0.05, 0) is 136 Å². The number of Topliss-reactive ketones (excluding diaryl/α,β-unsaturated/α-hetero) is 1. The highest BCUT2D eigenvalue weighted by molar-refractivity contribution is 6.09. The van der Waals surface area contributed by atoms with Crippen molar-refractivity contribution in [2.24, 2.45) is 22.7 Å². The fourth-order valence-electron chi connectivity index (χ4n) is 10.5. The molecule has 15 heteroatoms. The van der Waals surface area contributed by atoms with E-state index < -0.39 is 47.4 Å². The fourth-order valence-corrected chi connectivity index (χ4v) is 10.5. The van der Waals surface area contributed by atoms with Crippen LogP contribution < -0.4 is 10.6 Å². The SMILES string of the molecule is C#CCOCCOC(=O)CNCC(=O)Nc1ccc(C(=O)c2ccc(C(=O)OCCCCC(=O)CC[C@]3(C)C(O)CC[C@]4(C)C3CCC(=C)[C@H]4CC(OC(=O)c3ccc(C)cc3)C3=CCOC3=O)cc2)cc1. The van der Waals surface area contributed by atoms with Crippen LogP contribution in [0.4, 0.5) is 5.69 Å². The Morgan fingerprint density at radius 3 is 2.19 bits per heavy atom. The highest BCUT2D eigenvalue weighted by Gasteiger charge is 2.58. The second kappa shape index (κ2) is 25.6. The van der Waals surface area contributed by atoms with Gasteiger partial charge in [-0.2, -0.15) is 0 Å². The first kappa shape index (κ1) is 54.6. The summed E-state index contributed by atoms with van der Waals surface area (Å²) in [5, 5.41) is 17.0. The van der Waals surface area contributed by atoms with Gasteiger partial charge in [0.05, 0.1) is 49.1 Å². The van der Waals surface area contributed by atoms with E-state index in [0.717, 1.165) is 17.6 Å². The lowest BCUT2D eigenvalue weighted by molar-refractivity contribution is -0.145. The van der Waals surface area contributed by atoms with Crippen LogP contribution in [0.3, 0.4) is 0 Å². The molecule has 3 N–H and O–H groups in total. The maximum absolute atomic E-state index is 13.4. The van der Waals surface area contributed by atoms with Gasteiger partial charge in [-0.25, -0.2) is 14.4 Å². The summed E-state index contributed by atoms with van der Waals surface area (Å²) in [7, 11) is 0. The van der Waals surface area contributed by atoms with Crippen molar-refractivity contribution < 1.29 is 62.4 Å². The Kier molecular flexibility index (Phi) is 19.4. The van der Waals surface area contributed by atoms with Crippen LogP contribution in [0.15, 0.2) is 96.6 Å². The summed E-state index contributed by atoms with van der Waals surface area (Å²) in [5.41, 5.74) is 3.27. The number of amides is 1. The number of cyclic esters (lactones) is 1. The van der Waals surface area contributed by atoms with Crippen molar-refractivity contribution in [1.82, 2.24) is 5.32 Å². The Labute approximate surface area is 421 Å². The molecule has 3 aromatic carbocycles. The lowest BCUT2D eigenvalue weighted by Gasteiger charge is -2.60. The third-order valence-electron chi connectivity index (χ3n) is 14.5. The normalized spacial score (nSPS) is 21.8. The van der Waals surface area contributed by atoms with Gasteiger partial charge in [0.2, 0.25) is 5.91 Å². The molecule has 3 aliphatic rings. The smallest absolute Gasteiger partial charge is 0.338 e. The summed E-state index contributed by atoms with van der Waals surface area (Å²) in [6.07, 6.45) is 10.5. The molecule has 2 fully saturated rings. The second-order valence-electron chi connectivity index (χ2n) is 19.4. The van der Waals surface area contributed by atoms with E-state index >= 15 is 0 Å². The molecule has 1 amide bonds. The number of carbonyl (C=O) groups excluding carboxylic acids is 7. The topological polar surface area (TPSA) is 210 Å². The van der Waals surface area contributed by atoms with Gasteiger partial charge in [0.1, 0.15) is 31.7 Å². The van der Waals surface area contributed by atoms with E-state index in [1.807, 2.05) is 19.1 Å². The van der Waals surface area contributed by atoms with Crippen LogP contribution in [0, 0.1) is 41.9 Å². The summed E-state index contributed by atoms with van der Waals surface area (Å²) in [6.45, 7) is 11.0. The van der Waals surface area contributed by atoms with Crippen molar-refractivity contribution in [3.05, 3.63) is 124 Å². The zero-order chi connectivity index (χ0) is 51.8. The Hall–Kier alpha value is -6.73. The summed E-state index contributed by atoms with van der Waals surface area (Å²) in [4.78, 5) is 89.8. The molecule has 72 heavy (non-hydrogen) atoms. The van der Waals surface area contributed by atoms with Crippen molar-refractivity contribution in [2.45, 2.75) is 97.2 Å². The second-order valence-corrected chi connectivity index (χ2v) is 19.4. The number of terminal acetylenes is 1. The number of nitrogens with one attached hydrogen (secondary N) is 2. The highest BCUT2D eigenvalue weighted by atomic mass is 16.6. The largest absolute Gasteiger partial charge is 0.462 e. The van der Waals surface area contributed by atoms with Crippen molar-refractivity contribution in [1.29, 1.82) is 0 Å². The van der Waals surface area contributed by atoms with Gasteiger partial charge in [-0.1, -0.05) is 61.7 Å². The van der Waals surface area contributed by atoms with Crippen molar-refractivity contribution in [2.75, 3.05) is 51.4 Å². The number of aryl methyl sites for hydroxylation is 1. The summed E-state index contributed by atoms with van der Waals surface area (Å²) in [5.74, 6) is -0.521. The molecule has 15 nitrogen and oxygen atoms in total. The standard InChI is InChI=1S/C57H66N2O13/c1-6-29-68-32-33-69-51(63)36-58-35-50(62)59-43-21-19-40(20-22-43)52(64)39-15-17-41(18-16-39)53(65)70-30-8-7-9-44(60)24-27-57(5)48-23-12-38(3)46(56(48,4)28-25-49(57)61)34-47(45-26-31-71-55(45)67)72-54(66)42-13-10-37(2)11-14-42/h1,10-11,13-22,26,46-49,58,61H,3,7-9,12,23-25,27-36H2,2,4-5H3,(H,59,62)/t46-,47?,48?,49?,56+,57+/m1/s1. The number of aliphatic hydroxyl groups is 1. The number of ketones is 2. The minimum Gasteiger partial charge on any atom is -0.462 e. The Morgan fingerprint density at radius 1 is 0.847 bits per heavy atom. The number of hydrogen-bond acceptors (Lipinski definition) is 14. The molecule has 2 aliphatic carbocycles. The van der Waals surface area contributed by atoms with E-state index in [-0.39, 0.29) is 80.5 Å². The van der Waals surface area contributed by atoms with Crippen LogP contribution in [0.1, 0.15) is 120 Å². The number of esters is 4. The van der Waals surface area contributed by atoms with E-state index in [4.69, 9.17) is 30.1 Å². The van der Waals surface area contributed by atoms with E-state index in [1.54, 1.807) is 42.5 Å². The van der Waals surface area contributed by atoms with E-state index in [9.17, 15) is 38.7 Å². The number of allylic oxidation sites excluding steroid dienone is 1. The first-order valence-electron chi connectivity index (χ1n) is 24.6. The van der Waals surface area contributed by atoms with Crippen molar-refractivity contribution >= 4 is 47.0 Å². The van der Waals surface area contributed by atoms with Crippen LogP contribution in [-0.2, 0) is 42.9 Å². The van der Waals surface area contributed by atoms with Gasteiger partial charge in [0, 0.05) is 29.7 Å². The third-order valence-corrected chi connectivity index (χ3v) is 14.5. The summed E-state index contributed by atoms with van der Waals surface area (Å²) in [6, 6.07) is 19.5. The minimum atomic E-state index is -0.843. The fraction of sp³-hybridized carbons (Fsp3) is 0.456. The monoisotopic (exact) mass is 986 g/mol. The summed E-state index contributed by atoms with van der Waals surface area (Å²) >= 11 is 0. The lowest BCUT2D eigenvalue weighted by Crippen LogP contribution is -2.56. The number of fused-ring (bicyclic) bond motifs is 1. The van der Waals surface area contributed by atoms with Gasteiger partial charge in [-0.15, -0.1) is 6.42 Å². The van der Waals surface area contributed by atoms with Gasteiger partial charge in [0.15, 0.2) is 5.78 Å². The molecule has 6 rings (SSSR count). The van der Waals surface area contributed by atoms with E-state index in [1.165, 1.54) is 24.3 Å². The van der Waals surface area contributed by atoms with E-state index in [2.05, 4.69) is 37.0 Å². The molecule has 0 radical (unpaired) electrons. The van der Waals surface area contributed by atoms with Gasteiger partial charge >= 0.3 is 23.9 Å². The van der Waals surface area contributed by atoms with Crippen molar-refractivity contribution in [3.63, 3.8) is 0 Å². The lowest BCUT2D eigenvalue weighted by atomic mass is 9.45. The molecule has 1 aliphatic heterocycles. The number of rotatable bonds is 25. The van der Waals surface area contributed by atoms with Gasteiger partial charge in [-0.3, -0.25) is 24.5 Å². The van der Waals surface area contributed by atoms with Crippen LogP contribution >= 0.6 is 0 Å². The van der Waals surface area contributed by atoms with E-state index in [0.29, 0.717) is 85.7 Å². The molecular weight excluding hydrogens is 921 g/mol. The zero-order valence-electron chi connectivity index (χ0n) is 41.5. The maximum atomic E-state index is 13.4.